The number of carboxylic acids is 1. The van der Waals surface area contributed by atoms with Gasteiger partial charge in [0.05, 0.1) is 29.8 Å². The molecule has 2 heterocycles. The Morgan fingerprint density at radius 2 is 1.88 bits per heavy atom. The van der Waals surface area contributed by atoms with Gasteiger partial charge in [-0.1, -0.05) is 24.3 Å². The van der Waals surface area contributed by atoms with Crippen molar-refractivity contribution in [3.63, 3.8) is 0 Å². The van der Waals surface area contributed by atoms with E-state index in [0.29, 0.717) is 23.5 Å². The molecule has 166 valence electrons. The Labute approximate surface area is 188 Å². The van der Waals surface area contributed by atoms with Crippen LogP contribution in [0.5, 0.6) is 5.75 Å². The monoisotopic (exact) mass is 444 g/mol. The van der Waals surface area contributed by atoms with Gasteiger partial charge in [0.2, 0.25) is 0 Å². The number of aromatic amines is 1. The molecule has 9 heteroatoms. The maximum absolute atomic E-state index is 12.6. The fourth-order valence-corrected chi connectivity index (χ4v) is 3.31. The summed E-state index contributed by atoms with van der Waals surface area (Å²) in [4.78, 5) is 47.4. The van der Waals surface area contributed by atoms with Gasteiger partial charge < -0.3 is 20.1 Å². The molecular weight excluding hydrogens is 424 g/mol. The first-order chi connectivity index (χ1) is 15.9. The van der Waals surface area contributed by atoms with Crippen LogP contribution in [-0.4, -0.2) is 39.0 Å². The minimum atomic E-state index is -1.01. The highest BCUT2D eigenvalue weighted by Crippen LogP contribution is 2.14. The van der Waals surface area contributed by atoms with E-state index >= 15 is 0 Å². The van der Waals surface area contributed by atoms with E-state index < -0.39 is 11.9 Å². The van der Waals surface area contributed by atoms with Crippen molar-refractivity contribution < 1.29 is 19.4 Å². The number of aromatic carboxylic acids is 1. The lowest BCUT2D eigenvalue weighted by Gasteiger charge is -2.08. The summed E-state index contributed by atoms with van der Waals surface area (Å²) in [5.41, 5.74) is 1.92. The number of aromatic nitrogens is 3. The van der Waals surface area contributed by atoms with Crippen LogP contribution in [-0.2, 0) is 13.0 Å². The number of pyridine rings is 1. The molecular formula is C24H20N4O5. The van der Waals surface area contributed by atoms with E-state index in [1.54, 1.807) is 19.2 Å². The zero-order valence-corrected chi connectivity index (χ0v) is 17.7. The van der Waals surface area contributed by atoms with Crippen molar-refractivity contribution in [2.75, 3.05) is 7.11 Å². The summed E-state index contributed by atoms with van der Waals surface area (Å²) in [6.45, 7) is 0.282. The average molecular weight is 444 g/mol. The number of carbonyl (C=O) groups is 2. The first-order valence-electron chi connectivity index (χ1n) is 10.1. The highest BCUT2D eigenvalue weighted by atomic mass is 16.5. The molecule has 2 aromatic heterocycles. The predicted octanol–water partition coefficient (Wildman–Crippen LogP) is 2.55. The molecule has 0 aliphatic rings. The number of hydrogen-bond donors (Lipinski definition) is 3. The maximum Gasteiger partial charge on any atom is 0.335 e. The molecule has 4 rings (SSSR count). The number of H-pyrrole nitrogens is 1. The molecule has 0 aliphatic heterocycles. The molecule has 33 heavy (non-hydrogen) atoms. The van der Waals surface area contributed by atoms with Gasteiger partial charge in [0.25, 0.3) is 11.5 Å². The number of carbonyl (C=O) groups excluding carboxylic acids is 1. The van der Waals surface area contributed by atoms with Gasteiger partial charge >= 0.3 is 5.97 Å². The van der Waals surface area contributed by atoms with Gasteiger partial charge in [-0.05, 0) is 41.5 Å². The summed E-state index contributed by atoms with van der Waals surface area (Å²) in [5.74, 6) is -0.320. The Bertz CT molecular complexity index is 1400. The van der Waals surface area contributed by atoms with Crippen molar-refractivity contribution in [3.05, 3.63) is 99.4 Å². The SMILES string of the molecule is COc1cccc(CNC(=O)c2cc3c(=O)[nH]c(Cc4ccc(C(=O)O)cc4)nc3cn2)c1. The summed E-state index contributed by atoms with van der Waals surface area (Å²) in [6, 6.07) is 15.1. The molecule has 0 unspecified atom stereocenters. The van der Waals surface area contributed by atoms with Gasteiger partial charge in [0.1, 0.15) is 17.3 Å². The van der Waals surface area contributed by atoms with E-state index in [4.69, 9.17) is 9.84 Å². The number of hydrogen-bond acceptors (Lipinski definition) is 6. The van der Waals surface area contributed by atoms with E-state index in [0.717, 1.165) is 11.1 Å². The molecule has 0 aliphatic carbocycles. The highest BCUT2D eigenvalue weighted by molar-refractivity contribution is 5.95. The number of ether oxygens (including phenoxy) is 1. The summed E-state index contributed by atoms with van der Waals surface area (Å²) in [7, 11) is 1.57. The van der Waals surface area contributed by atoms with Gasteiger partial charge in [-0.25, -0.2) is 14.8 Å². The third-order valence-corrected chi connectivity index (χ3v) is 5.03. The zero-order chi connectivity index (χ0) is 23.4. The minimum absolute atomic E-state index is 0.106. The van der Waals surface area contributed by atoms with E-state index in [-0.39, 0.29) is 28.7 Å². The van der Waals surface area contributed by atoms with Gasteiger partial charge in [-0.2, -0.15) is 0 Å². The molecule has 0 atom stereocenters. The summed E-state index contributed by atoms with van der Waals surface area (Å²) in [5, 5.41) is 12.0. The van der Waals surface area contributed by atoms with E-state index in [1.165, 1.54) is 24.4 Å². The fraction of sp³-hybridized carbons (Fsp3) is 0.125. The second-order valence-electron chi connectivity index (χ2n) is 7.31. The normalized spacial score (nSPS) is 10.7. The molecule has 0 radical (unpaired) electrons. The Morgan fingerprint density at radius 3 is 2.61 bits per heavy atom. The van der Waals surface area contributed by atoms with Crippen LogP contribution in [0.4, 0.5) is 0 Å². The van der Waals surface area contributed by atoms with Crippen LogP contribution in [0.25, 0.3) is 10.9 Å². The first kappa shape index (κ1) is 21.7. The molecule has 0 fully saturated rings. The number of carboxylic acid groups (broad SMARTS) is 1. The van der Waals surface area contributed by atoms with Crippen LogP contribution < -0.4 is 15.6 Å². The second kappa shape index (κ2) is 9.31. The van der Waals surface area contributed by atoms with Gasteiger partial charge in [-0.3, -0.25) is 9.59 Å². The summed E-state index contributed by atoms with van der Waals surface area (Å²) < 4.78 is 5.18. The highest BCUT2D eigenvalue weighted by Gasteiger charge is 2.12. The van der Waals surface area contributed by atoms with Crippen molar-refractivity contribution in [3.8, 4) is 5.75 Å². The quantitative estimate of drug-likeness (QED) is 0.399. The van der Waals surface area contributed by atoms with E-state index in [2.05, 4.69) is 20.3 Å². The predicted molar refractivity (Wildman–Crippen MR) is 121 cm³/mol. The number of fused-ring (bicyclic) bond motifs is 1. The lowest BCUT2D eigenvalue weighted by Crippen LogP contribution is -2.24. The van der Waals surface area contributed by atoms with Crippen LogP contribution in [0.2, 0.25) is 0 Å². The third kappa shape index (κ3) is 5.04. The lowest BCUT2D eigenvalue weighted by atomic mass is 10.1. The number of rotatable bonds is 7. The molecule has 0 saturated heterocycles. The minimum Gasteiger partial charge on any atom is -0.497 e. The number of amides is 1. The van der Waals surface area contributed by atoms with Gasteiger partial charge in [0, 0.05) is 13.0 Å². The zero-order valence-electron chi connectivity index (χ0n) is 17.7. The number of benzene rings is 2. The molecule has 0 bridgehead atoms. The molecule has 3 N–H and O–H groups in total. The van der Waals surface area contributed by atoms with Crippen molar-refractivity contribution >= 4 is 22.8 Å². The molecule has 1 amide bonds. The fourth-order valence-electron chi connectivity index (χ4n) is 3.31. The number of nitrogens with zero attached hydrogens (tertiary/aromatic N) is 2. The van der Waals surface area contributed by atoms with Crippen LogP contribution >= 0.6 is 0 Å². The Hall–Kier alpha value is -4.53. The van der Waals surface area contributed by atoms with E-state index in [1.807, 2.05) is 24.3 Å². The Kier molecular flexibility index (Phi) is 6.12. The van der Waals surface area contributed by atoms with Crippen LogP contribution in [0.1, 0.15) is 37.8 Å². The third-order valence-electron chi connectivity index (χ3n) is 5.03. The van der Waals surface area contributed by atoms with Gasteiger partial charge in [-0.15, -0.1) is 0 Å². The Morgan fingerprint density at radius 1 is 1.09 bits per heavy atom. The van der Waals surface area contributed by atoms with Crippen LogP contribution in [0.3, 0.4) is 0 Å². The van der Waals surface area contributed by atoms with E-state index in [9.17, 15) is 14.4 Å². The van der Waals surface area contributed by atoms with Crippen molar-refractivity contribution in [2.24, 2.45) is 0 Å². The number of methoxy groups -OCH3 is 1. The smallest absolute Gasteiger partial charge is 0.335 e. The van der Waals surface area contributed by atoms with Crippen LogP contribution in [0, 0.1) is 0 Å². The van der Waals surface area contributed by atoms with Crippen molar-refractivity contribution in [1.29, 1.82) is 0 Å². The van der Waals surface area contributed by atoms with Crippen molar-refractivity contribution in [2.45, 2.75) is 13.0 Å². The molecule has 4 aromatic rings. The topological polar surface area (TPSA) is 134 Å². The lowest BCUT2D eigenvalue weighted by molar-refractivity contribution is 0.0696. The average Bonchev–Trinajstić information content (AvgIpc) is 2.83. The molecule has 9 nitrogen and oxygen atoms in total. The van der Waals surface area contributed by atoms with Gasteiger partial charge in [0.15, 0.2) is 0 Å². The maximum atomic E-state index is 12.6. The first-order valence-corrected chi connectivity index (χ1v) is 10.1. The summed E-state index contributed by atoms with van der Waals surface area (Å²) in [6.07, 6.45) is 1.70. The Balaban J connectivity index is 1.50. The molecule has 0 spiro atoms. The summed E-state index contributed by atoms with van der Waals surface area (Å²) >= 11 is 0. The second-order valence-corrected chi connectivity index (χ2v) is 7.31. The standard InChI is InChI=1S/C24H20N4O5/c1-33-17-4-2-3-15(9-17)12-26-23(30)19-11-18-20(13-25-19)27-21(28-22(18)29)10-14-5-7-16(8-6-14)24(31)32/h2-9,11,13H,10,12H2,1H3,(H,26,30)(H,31,32)(H,27,28,29). The molecule has 2 aromatic carbocycles. The molecule has 0 saturated carbocycles. The largest absolute Gasteiger partial charge is 0.497 e. The van der Waals surface area contributed by atoms with Crippen LogP contribution in [0.15, 0.2) is 65.6 Å². The van der Waals surface area contributed by atoms with Crippen molar-refractivity contribution in [1.82, 2.24) is 20.3 Å². The number of nitrogens with one attached hydrogen (secondary N) is 2.